The van der Waals surface area contributed by atoms with E-state index in [-0.39, 0.29) is 12.7 Å². The lowest BCUT2D eigenvalue weighted by Gasteiger charge is -2.33. The second-order valence-corrected chi connectivity index (χ2v) is 6.95. The molecular formula is C19H24N4O4. The number of amides is 1. The van der Waals surface area contributed by atoms with E-state index in [0.29, 0.717) is 13.1 Å². The van der Waals surface area contributed by atoms with Crippen molar-refractivity contribution in [2.24, 2.45) is 0 Å². The Morgan fingerprint density at radius 2 is 1.89 bits per heavy atom. The molecule has 1 N–H and O–H groups in total. The quantitative estimate of drug-likeness (QED) is 0.815. The van der Waals surface area contributed by atoms with E-state index >= 15 is 0 Å². The highest BCUT2D eigenvalue weighted by molar-refractivity contribution is 5.78. The molecule has 2 aromatic rings. The van der Waals surface area contributed by atoms with E-state index in [1.54, 1.807) is 0 Å². The van der Waals surface area contributed by atoms with Crippen LogP contribution in [0.25, 0.3) is 0 Å². The van der Waals surface area contributed by atoms with Crippen molar-refractivity contribution in [2.45, 2.75) is 20.0 Å². The van der Waals surface area contributed by atoms with Gasteiger partial charge in [0.05, 0.1) is 12.2 Å². The summed E-state index contributed by atoms with van der Waals surface area (Å²) in [6, 6.07) is 7.69. The maximum atomic E-state index is 12.2. The number of aromatic nitrogens is 1. The van der Waals surface area contributed by atoms with Gasteiger partial charge in [-0.15, -0.1) is 0 Å². The lowest BCUT2D eigenvalue weighted by molar-refractivity contribution is -0.122. The van der Waals surface area contributed by atoms with Gasteiger partial charge in [0.2, 0.25) is 12.7 Å². The summed E-state index contributed by atoms with van der Waals surface area (Å²) in [5.74, 6) is 2.36. The third-order valence-electron chi connectivity index (χ3n) is 4.82. The predicted molar refractivity (Wildman–Crippen MR) is 97.4 cm³/mol. The van der Waals surface area contributed by atoms with E-state index in [2.05, 4.69) is 20.3 Å². The topological polar surface area (TPSA) is 80.1 Å². The summed E-state index contributed by atoms with van der Waals surface area (Å²) in [5, 5.41) is 7.02. The summed E-state index contributed by atoms with van der Waals surface area (Å²) in [6.45, 7) is 7.43. The minimum atomic E-state index is 0.0354. The molecule has 1 amide bonds. The average molecular weight is 372 g/mol. The molecule has 8 heteroatoms. The Morgan fingerprint density at radius 3 is 2.67 bits per heavy atom. The molecule has 1 saturated heterocycles. The Bertz CT molecular complexity index is 799. The van der Waals surface area contributed by atoms with Gasteiger partial charge in [0.1, 0.15) is 5.76 Å². The maximum Gasteiger partial charge on any atom is 0.234 e. The third kappa shape index (κ3) is 4.58. The normalized spacial score (nSPS) is 17.2. The van der Waals surface area contributed by atoms with Gasteiger partial charge >= 0.3 is 0 Å². The molecule has 0 radical (unpaired) electrons. The zero-order valence-electron chi connectivity index (χ0n) is 15.4. The highest BCUT2D eigenvalue weighted by atomic mass is 16.7. The van der Waals surface area contributed by atoms with Crippen molar-refractivity contribution in [1.82, 2.24) is 20.3 Å². The minimum absolute atomic E-state index is 0.0354. The second kappa shape index (κ2) is 7.98. The molecule has 0 atom stereocenters. The molecule has 0 unspecified atom stereocenters. The Labute approximate surface area is 158 Å². The molecule has 8 nitrogen and oxygen atoms in total. The first-order valence-electron chi connectivity index (χ1n) is 9.18. The van der Waals surface area contributed by atoms with Crippen LogP contribution < -0.4 is 14.8 Å². The van der Waals surface area contributed by atoms with E-state index in [4.69, 9.17) is 14.0 Å². The standard InChI is InChI=1S/C19H24N4O4/c1-14-8-16(21-27-14)11-22-4-6-23(7-5-22)12-19(24)20-10-15-2-3-17-18(9-15)26-13-25-17/h2-3,8-9H,4-7,10-13H2,1H3,(H,20,24). The van der Waals surface area contributed by atoms with Gasteiger partial charge in [-0.1, -0.05) is 11.2 Å². The van der Waals surface area contributed by atoms with Gasteiger partial charge in [0.25, 0.3) is 0 Å². The predicted octanol–water partition coefficient (Wildman–Crippen LogP) is 1.15. The fourth-order valence-electron chi connectivity index (χ4n) is 3.34. The number of rotatable bonds is 6. The Balaban J connectivity index is 1.18. The maximum absolute atomic E-state index is 12.2. The van der Waals surface area contributed by atoms with Crippen molar-refractivity contribution in [3.8, 4) is 11.5 Å². The van der Waals surface area contributed by atoms with Crippen LogP contribution >= 0.6 is 0 Å². The van der Waals surface area contributed by atoms with Gasteiger partial charge in [0.15, 0.2) is 11.5 Å². The smallest absolute Gasteiger partial charge is 0.234 e. The summed E-state index contributed by atoms with van der Waals surface area (Å²) in [5.41, 5.74) is 1.96. The first-order chi connectivity index (χ1) is 13.2. The first kappa shape index (κ1) is 17.8. The van der Waals surface area contributed by atoms with Crippen LogP contribution in [-0.4, -0.2) is 60.4 Å². The molecule has 1 fully saturated rings. The van der Waals surface area contributed by atoms with Crippen LogP contribution in [0.3, 0.4) is 0 Å². The molecule has 2 aliphatic heterocycles. The van der Waals surface area contributed by atoms with E-state index in [9.17, 15) is 4.79 Å². The van der Waals surface area contributed by atoms with Crippen molar-refractivity contribution in [3.05, 3.63) is 41.3 Å². The SMILES string of the molecule is Cc1cc(CN2CCN(CC(=O)NCc3ccc4c(c3)OCO4)CC2)no1. The molecule has 0 saturated carbocycles. The lowest BCUT2D eigenvalue weighted by Crippen LogP contribution is -2.49. The van der Waals surface area contributed by atoms with Crippen LogP contribution in [0.15, 0.2) is 28.8 Å². The molecule has 4 rings (SSSR count). The Hall–Kier alpha value is -2.58. The number of benzene rings is 1. The van der Waals surface area contributed by atoms with E-state index in [1.807, 2.05) is 31.2 Å². The Kier molecular flexibility index (Phi) is 5.26. The van der Waals surface area contributed by atoms with Crippen LogP contribution in [0, 0.1) is 6.92 Å². The first-order valence-corrected chi connectivity index (χ1v) is 9.18. The number of ether oxygens (including phenoxy) is 2. The van der Waals surface area contributed by atoms with E-state index < -0.39 is 0 Å². The zero-order chi connectivity index (χ0) is 18.6. The van der Waals surface area contributed by atoms with Crippen LogP contribution in [0.4, 0.5) is 0 Å². The average Bonchev–Trinajstić information content (AvgIpc) is 3.30. The van der Waals surface area contributed by atoms with Crippen molar-refractivity contribution < 1.29 is 18.8 Å². The van der Waals surface area contributed by atoms with E-state index in [1.165, 1.54) is 0 Å². The number of piperazine rings is 1. The highest BCUT2D eigenvalue weighted by Gasteiger charge is 2.20. The number of nitrogens with zero attached hydrogens (tertiary/aromatic N) is 3. The van der Waals surface area contributed by atoms with Gasteiger partial charge in [-0.05, 0) is 24.6 Å². The number of hydrogen-bond acceptors (Lipinski definition) is 7. The van der Waals surface area contributed by atoms with Crippen LogP contribution in [0.5, 0.6) is 11.5 Å². The number of aryl methyl sites for hydroxylation is 1. The van der Waals surface area contributed by atoms with Gasteiger partial charge in [-0.3, -0.25) is 14.6 Å². The summed E-state index contributed by atoms with van der Waals surface area (Å²) >= 11 is 0. The number of hydrogen-bond donors (Lipinski definition) is 1. The molecule has 1 aromatic heterocycles. The van der Waals surface area contributed by atoms with Crippen LogP contribution in [0.1, 0.15) is 17.0 Å². The molecule has 27 heavy (non-hydrogen) atoms. The summed E-state index contributed by atoms with van der Waals surface area (Å²) in [4.78, 5) is 16.8. The molecule has 0 bridgehead atoms. The highest BCUT2D eigenvalue weighted by Crippen LogP contribution is 2.32. The fourth-order valence-corrected chi connectivity index (χ4v) is 3.34. The van der Waals surface area contributed by atoms with Gasteiger partial charge in [0, 0.05) is 45.3 Å². The number of carbonyl (C=O) groups excluding carboxylic acids is 1. The molecular weight excluding hydrogens is 348 g/mol. The summed E-state index contributed by atoms with van der Waals surface area (Å²) in [7, 11) is 0. The van der Waals surface area contributed by atoms with Crippen molar-refractivity contribution in [1.29, 1.82) is 0 Å². The molecule has 144 valence electrons. The van der Waals surface area contributed by atoms with Gasteiger partial charge in [-0.25, -0.2) is 0 Å². The largest absolute Gasteiger partial charge is 0.454 e. The Morgan fingerprint density at radius 1 is 1.11 bits per heavy atom. The van der Waals surface area contributed by atoms with Gasteiger partial charge in [-0.2, -0.15) is 0 Å². The van der Waals surface area contributed by atoms with Crippen molar-refractivity contribution in [3.63, 3.8) is 0 Å². The molecule has 0 spiro atoms. The second-order valence-electron chi connectivity index (χ2n) is 6.95. The minimum Gasteiger partial charge on any atom is -0.454 e. The monoisotopic (exact) mass is 372 g/mol. The molecule has 0 aliphatic carbocycles. The number of carbonyl (C=O) groups is 1. The molecule has 3 heterocycles. The third-order valence-corrected chi connectivity index (χ3v) is 4.82. The van der Waals surface area contributed by atoms with Crippen molar-refractivity contribution >= 4 is 5.91 Å². The van der Waals surface area contributed by atoms with Crippen LogP contribution in [0.2, 0.25) is 0 Å². The van der Waals surface area contributed by atoms with Crippen molar-refractivity contribution in [2.75, 3.05) is 39.5 Å². The zero-order valence-corrected chi connectivity index (χ0v) is 15.4. The number of nitrogens with one attached hydrogen (secondary N) is 1. The molecule has 1 aromatic carbocycles. The summed E-state index contributed by atoms with van der Waals surface area (Å²) < 4.78 is 15.8. The fraction of sp³-hybridized carbons (Fsp3) is 0.474. The molecule has 2 aliphatic rings. The van der Waals surface area contributed by atoms with Crippen LogP contribution in [-0.2, 0) is 17.9 Å². The lowest BCUT2D eigenvalue weighted by atomic mass is 10.2. The van der Waals surface area contributed by atoms with Gasteiger partial charge < -0.3 is 19.3 Å². The summed E-state index contributed by atoms with van der Waals surface area (Å²) in [6.07, 6.45) is 0. The van der Waals surface area contributed by atoms with E-state index in [0.717, 1.165) is 61.2 Å². The number of fused-ring (bicyclic) bond motifs is 1.